The predicted molar refractivity (Wildman–Crippen MR) is 101 cm³/mol. The zero-order valence-corrected chi connectivity index (χ0v) is 14.9. The molecular weight excluding hydrogens is 373 g/mol. The van der Waals surface area contributed by atoms with Gasteiger partial charge in [-0.2, -0.15) is 0 Å². The number of anilines is 1. The van der Waals surface area contributed by atoms with Crippen molar-refractivity contribution in [2.24, 2.45) is 0 Å². The van der Waals surface area contributed by atoms with E-state index in [1.807, 2.05) is 24.3 Å². The number of hydrogen-bond acceptors (Lipinski definition) is 6. The molecule has 6 nitrogen and oxygen atoms in total. The van der Waals surface area contributed by atoms with Gasteiger partial charge in [-0.25, -0.2) is 9.37 Å². The van der Waals surface area contributed by atoms with E-state index in [0.717, 1.165) is 16.6 Å². The summed E-state index contributed by atoms with van der Waals surface area (Å²) in [4.78, 5) is 19.7. The van der Waals surface area contributed by atoms with Gasteiger partial charge in [0.05, 0.1) is 16.8 Å². The first-order valence-corrected chi connectivity index (χ1v) is 9.44. The Hall–Kier alpha value is -2.78. The Kier molecular flexibility index (Phi) is 4.63. The summed E-state index contributed by atoms with van der Waals surface area (Å²) >= 11 is 2.55. The quantitative estimate of drug-likeness (QED) is 0.508. The molecular formula is C17H12FN5OS2. The van der Waals surface area contributed by atoms with Crippen LogP contribution in [0.15, 0.2) is 53.7 Å². The molecule has 0 bridgehead atoms. The highest BCUT2D eigenvalue weighted by Crippen LogP contribution is 2.26. The first-order valence-electron chi connectivity index (χ1n) is 7.64. The van der Waals surface area contributed by atoms with E-state index in [-0.39, 0.29) is 17.5 Å². The molecule has 0 unspecified atom stereocenters. The largest absolute Gasteiger partial charge is 0.333 e. The summed E-state index contributed by atoms with van der Waals surface area (Å²) in [7, 11) is 0. The summed E-state index contributed by atoms with van der Waals surface area (Å²) in [5.41, 5.74) is 2.55. The lowest BCUT2D eigenvalue weighted by molar-refractivity contribution is -0.113. The van der Waals surface area contributed by atoms with Gasteiger partial charge in [0.15, 0.2) is 5.16 Å². The minimum absolute atomic E-state index is 0.197. The smallest absolute Gasteiger partial charge is 0.236 e. The Balaban J connectivity index is 1.36. The first-order chi connectivity index (χ1) is 12.7. The second-order valence-corrected chi connectivity index (χ2v) is 7.26. The standard InChI is InChI=1S/C17H12FN5OS2/c18-11-7-5-10(6-8-11)15-22-23-17(26-15)21-14(24)9-25-16-19-12-3-1-2-4-13(12)20-16/h1-8H,9H2,(H,19,20)(H,21,23,24). The van der Waals surface area contributed by atoms with Crippen LogP contribution in [0.2, 0.25) is 0 Å². The van der Waals surface area contributed by atoms with E-state index in [2.05, 4.69) is 25.5 Å². The number of halogens is 1. The zero-order chi connectivity index (χ0) is 17.9. The van der Waals surface area contributed by atoms with E-state index in [1.165, 1.54) is 35.2 Å². The van der Waals surface area contributed by atoms with Crippen molar-refractivity contribution in [3.05, 3.63) is 54.3 Å². The molecule has 2 N–H and O–H groups in total. The van der Waals surface area contributed by atoms with Crippen LogP contribution in [0.25, 0.3) is 21.6 Å². The Morgan fingerprint density at radius 1 is 1.15 bits per heavy atom. The molecule has 0 aliphatic rings. The van der Waals surface area contributed by atoms with Gasteiger partial charge in [0.25, 0.3) is 0 Å². The molecule has 4 rings (SSSR count). The number of hydrogen-bond donors (Lipinski definition) is 2. The van der Waals surface area contributed by atoms with Gasteiger partial charge in [-0.15, -0.1) is 10.2 Å². The number of para-hydroxylation sites is 2. The van der Waals surface area contributed by atoms with Crippen LogP contribution in [-0.4, -0.2) is 31.8 Å². The molecule has 9 heteroatoms. The molecule has 2 aromatic carbocycles. The van der Waals surface area contributed by atoms with Crippen molar-refractivity contribution >= 4 is 45.2 Å². The summed E-state index contributed by atoms with van der Waals surface area (Å²) < 4.78 is 13.0. The van der Waals surface area contributed by atoms with Crippen LogP contribution in [0.1, 0.15) is 0 Å². The Morgan fingerprint density at radius 3 is 2.77 bits per heavy atom. The van der Waals surface area contributed by atoms with Crippen LogP contribution in [0.3, 0.4) is 0 Å². The van der Waals surface area contributed by atoms with E-state index in [4.69, 9.17) is 0 Å². The third-order valence-electron chi connectivity index (χ3n) is 3.47. The average Bonchev–Trinajstić information content (AvgIpc) is 3.27. The fourth-order valence-electron chi connectivity index (χ4n) is 2.27. The van der Waals surface area contributed by atoms with Crippen molar-refractivity contribution in [1.29, 1.82) is 0 Å². The number of fused-ring (bicyclic) bond motifs is 1. The minimum atomic E-state index is -0.311. The number of carbonyl (C=O) groups excluding carboxylic acids is 1. The van der Waals surface area contributed by atoms with Crippen molar-refractivity contribution in [3.8, 4) is 10.6 Å². The number of H-pyrrole nitrogens is 1. The summed E-state index contributed by atoms with van der Waals surface area (Å²) in [6, 6.07) is 13.7. The number of aromatic nitrogens is 4. The lowest BCUT2D eigenvalue weighted by Crippen LogP contribution is -2.13. The summed E-state index contributed by atoms with van der Waals surface area (Å²) in [5.74, 6) is -0.308. The van der Waals surface area contributed by atoms with Gasteiger partial charge in [-0.1, -0.05) is 35.2 Å². The molecule has 2 heterocycles. The molecule has 130 valence electrons. The molecule has 0 atom stereocenters. The number of nitrogens with zero attached hydrogens (tertiary/aromatic N) is 3. The fourth-order valence-corrected chi connectivity index (χ4v) is 3.72. The number of carbonyl (C=O) groups is 1. The number of aromatic amines is 1. The van der Waals surface area contributed by atoms with Crippen LogP contribution in [0.5, 0.6) is 0 Å². The fraction of sp³-hybridized carbons (Fsp3) is 0.0588. The van der Waals surface area contributed by atoms with Crippen molar-refractivity contribution in [2.45, 2.75) is 5.16 Å². The average molecular weight is 385 g/mol. The van der Waals surface area contributed by atoms with Gasteiger partial charge in [0.2, 0.25) is 11.0 Å². The molecule has 0 spiro atoms. The maximum atomic E-state index is 13.0. The van der Waals surface area contributed by atoms with Crippen molar-refractivity contribution < 1.29 is 9.18 Å². The van der Waals surface area contributed by atoms with Crippen molar-refractivity contribution in [3.63, 3.8) is 0 Å². The molecule has 2 aromatic heterocycles. The molecule has 0 aliphatic carbocycles. The second-order valence-electron chi connectivity index (χ2n) is 5.32. The molecule has 26 heavy (non-hydrogen) atoms. The Labute approximate surface area is 155 Å². The van der Waals surface area contributed by atoms with E-state index < -0.39 is 0 Å². The van der Waals surface area contributed by atoms with Crippen molar-refractivity contribution in [2.75, 3.05) is 11.1 Å². The van der Waals surface area contributed by atoms with Gasteiger partial charge >= 0.3 is 0 Å². The van der Waals surface area contributed by atoms with Crippen LogP contribution < -0.4 is 5.32 Å². The summed E-state index contributed by atoms with van der Waals surface area (Å²) in [5, 5.41) is 12.4. The van der Waals surface area contributed by atoms with Gasteiger partial charge in [-0.05, 0) is 36.4 Å². The minimum Gasteiger partial charge on any atom is -0.333 e. The number of rotatable bonds is 5. The topological polar surface area (TPSA) is 83.6 Å². The highest BCUT2D eigenvalue weighted by Gasteiger charge is 2.11. The number of thioether (sulfide) groups is 1. The summed E-state index contributed by atoms with van der Waals surface area (Å²) in [6.45, 7) is 0. The monoisotopic (exact) mass is 385 g/mol. The van der Waals surface area contributed by atoms with E-state index in [9.17, 15) is 9.18 Å². The normalized spacial score (nSPS) is 11.0. The lowest BCUT2D eigenvalue weighted by atomic mass is 10.2. The molecule has 0 saturated carbocycles. The van der Waals surface area contributed by atoms with Gasteiger partial charge in [0.1, 0.15) is 10.8 Å². The molecule has 0 aliphatic heterocycles. The maximum absolute atomic E-state index is 13.0. The van der Waals surface area contributed by atoms with Crippen LogP contribution >= 0.6 is 23.1 Å². The molecule has 0 saturated heterocycles. The third kappa shape index (κ3) is 3.73. The van der Waals surface area contributed by atoms with E-state index >= 15 is 0 Å². The van der Waals surface area contributed by atoms with E-state index in [1.54, 1.807) is 12.1 Å². The second kappa shape index (κ2) is 7.22. The SMILES string of the molecule is O=C(CSc1nc2ccccc2[nH]1)Nc1nnc(-c2ccc(F)cc2)s1. The number of imidazole rings is 1. The number of nitrogens with one attached hydrogen (secondary N) is 2. The third-order valence-corrected chi connectivity index (χ3v) is 5.23. The van der Waals surface area contributed by atoms with Crippen LogP contribution in [0, 0.1) is 5.82 Å². The first kappa shape index (κ1) is 16.7. The lowest BCUT2D eigenvalue weighted by Gasteiger charge is -1.99. The highest BCUT2D eigenvalue weighted by atomic mass is 32.2. The molecule has 4 aromatic rings. The number of amides is 1. The highest BCUT2D eigenvalue weighted by molar-refractivity contribution is 7.99. The van der Waals surface area contributed by atoms with Gasteiger partial charge in [-0.3, -0.25) is 10.1 Å². The summed E-state index contributed by atoms with van der Waals surface area (Å²) in [6.07, 6.45) is 0. The molecule has 0 radical (unpaired) electrons. The molecule has 0 fully saturated rings. The van der Waals surface area contributed by atoms with Gasteiger partial charge in [0, 0.05) is 5.56 Å². The van der Waals surface area contributed by atoms with E-state index in [0.29, 0.717) is 15.3 Å². The molecule has 1 amide bonds. The van der Waals surface area contributed by atoms with Crippen molar-refractivity contribution in [1.82, 2.24) is 20.2 Å². The predicted octanol–water partition coefficient (Wildman–Crippen LogP) is 3.95. The zero-order valence-electron chi connectivity index (χ0n) is 13.3. The van der Waals surface area contributed by atoms with Gasteiger partial charge < -0.3 is 4.98 Å². The van der Waals surface area contributed by atoms with Crippen LogP contribution in [-0.2, 0) is 4.79 Å². The maximum Gasteiger partial charge on any atom is 0.236 e. The Morgan fingerprint density at radius 2 is 1.96 bits per heavy atom. The number of benzene rings is 2. The van der Waals surface area contributed by atoms with Crippen LogP contribution in [0.4, 0.5) is 9.52 Å². The Bertz CT molecular complexity index is 1030.